The van der Waals surface area contributed by atoms with Gasteiger partial charge >= 0.3 is 12.1 Å². The van der Waals surface area contributed by atoms with Crippen molar-refractivity contribution in [2.24, 2.45) is 5.92 Å². The van der Waals surface area contributed by atoms with E-state index in [-0.39, 0.29) is 28.9 Å². The lowest BCUT2D eigenvalue weighted by Gasteiger charge is -2.19. The van der Waals surface area contributed by atoms with Crippen LogP contribution in [-0.2, 0) is 14.4 Å². The van der Waals surface area contributed by atoms with E-state index < -0.39 is 36.0 Å². The predicted octanol–water partition coefficient (Wildman–Crippen LogP) is 4.58. The maximum absolute atomic E-state index is 15.3. The number of hydrogen-bond acceptors (Lipinski definition) is 5. The van der Waals surface area contributed by atoms with Gasteiger partial charge in [-0.1, -0.05) is 11.6 Å². The molecule has 1 saturated carbocycles. The largest absolute Gasteiger partial charge is 0.490 e. The van der Waals surface area contributed by atoms with Crippen LogP contribution >= 0.6 is 11.6 Å². The van der Waals surface area contributed by atoms with Crippen LogP contribution in [0.4, 0.5) is 33.5 Å². The Hall–Kier alpha value is -4.27. The number of alkyl halides is 4. The first-order valence-corrected chi connectivity index (χ1v) is 11.4. The minimum atomic E-state index is -5.08. The molecule has 5 rings (SSSR count). The second-order valence-electron chi connectivity index (χ2n) is 8.55. The number of aromatic nitrogens is 4. The summed E-state index contributed by atoms with van der Waals surface area (Å²) in [7, 11) is 1.46. The molecule has 4 aromatic rings. The third kappa shape index (κ3) is 5.48. The normalized spacial score (nSPS) is 16.5. The first-order chi connectivity index (χ1) is 18.2. The number of nitrogens with zero attached hydrogens (tertiary/aromatic N) is 4. The Balaban J connectivity index is 0.000000448. The molecule has 0 spiro atoms. The first-order valence-electron chi connectivity index (χ1n) is 11.0. The van der Waals surface area contributed by atoms with E-state index in [1.165, 1.54) is 29.6 Å². The number of nitrogens with one attached hydrogen (secondary N) is 2. The standard InChI is InChI=1S/C21H17ClF2N6O2.C2HF3O2/c1-9(31)29(2)20-18(24)17(22)16(13-8-25-27-19(13)20)10-3-4-30-11(5-10)6-15(28-30)26-21(32)12-7-14(12)23;3-2(4,5)1(6)7/h3-6,8,12,14H,7H2,1-2H3,(H,25,27)(H,26,28,32);(H,6,7)/t12-,14+;/m1./s1. The summed E-state index contributed by atoms with van der Waals surface area (Å²) in [6.07, 6.45) is -2.80. The summed E-state index contributed by atoms with van der Waals surface area (Å²) >= 11 is 6.43. The zero-order valence-electron chi connectivity index (χ0n) is 20.0. The molecule has 0 aliphatic heterocycles. The molecule has 3 aromatic heterocycles. The molecule has 2 atom stereocenters. The fourth-order valence-electron chi connectivity index (χ4n) is 3.72. The second kappa shape index (κ2) is 10.1. The van der Waals surface area contributed by atoms with E-state index in [1.807, 2.05) is 0 Å². The van der Waals surface area contributed by atoms with Crippen molar-refractivity contribution in [1.29, 1.82) is 0 Å². The summed E-state index contributed by atoms with van der Waals surface area (Å²) in [5.74, 6) is -4.61. The van der Waals surface area contributed by atoms with Crippen molar-refractivity contribution in [2.45, 2.75) is 25.7 Å². The first kappa shape index (κ1) is 27.8. The number of carbonyl (C=O) groups is 3. The van der Waals surface area contributed by atoms with Gasteiger partial charge in [-0.25, -0.2) is 18.1 Å². The Morgan fingerprint density at radius 1 is 1.28 bits per heavy atom. The maximum Gasteiger partial charge on any atom is 0.490 e. The topological polar surface area (TPSA) is 133 Å². The number of fused-ring (bicyclic) bond motifs is 2. The molecule has 39 heavy (non-hydrogen) atoms. The number of hydrogen-bond donors (Lipinski definition) is 3. The number of anilines is 2. The molecule has 1 aliphatic rings. The average Bonchev–Trinajstić information content (AvgIpc) is 3.22. The molecule has 3 N–H and O–H groups in total. The number of carboxylic acid groups (broad SMARTS) is 1. The van der Waals surface area contributed by atoms with E-state index in [1.54, 1.807) is 24.4 Å². The molecule has 1 aromatic carbocycles. The lowest BCUT2D eigenvalue weighted by molar-refractivity contribution is -0.192. The van der Waals surface area contributed by atoms with Crippen LogP contribution in [0.15, 0.2) is 30.6 Å². The molecular weight excluding hydrogens is 555 g/mol. The van der Waals surface area contributed by atoms with Crippen LogP contribution in [0.1, 0.15) is 13.3 Å². The molecule has 0 radical (unpaired) electrons. The third-order valence-corrected chi connectivity index (χ3v) is 6.22. The maximum atomic E-state index is 15.3. The number of aromatic amines is 1. The van der Waals surface area contributed by atoms with Crippen molar-refractivity contribution >= 4 is 57.3 Å². The highest BCUT2D eigenvalue weighted by molar-refractivity contribution is 6.36. The highest BCUT2D eigenvalue weighted by Gasteiger charge is 2.43. The van der Waals surface area contributed by atoms with Gasteiger partial charge in [0.1, 0.15) is 11.9 Å². The Bertz CT molecular complexity index is 1620. The summed E-state index contributed by atoms with van der Waals surface area (Å²) in [5, 5.41) is 21.2. The Morgan fingerprint density at radius 3 is 2.49 bits per heavy atom. The highest BCUT2D eigenvalue weighted by atomic mass is 35.5. The van der Waals surface area contributed by atoms with E-state index in [0.29, 0.717) is 27.5 Å². The summed E-state index contributed by atoms with van der Waals surface area (Å²) in [4.78, 5) is 33.9. The van der Waals surface area contributed by atoms with Crippen molar-refractivity contribution < 1.29 is 41.4 Å². The fourth-order valence-corrected chi connectivity index (χ4v) is 4.02. The van der Waals surface area contributed by atoms with Crippen molar-refractivity contribution in [3.8, 4) is 11.1 Å². The average molecular weight is 573 g/mol. The fraction of sp³-hybridized carbons (Fsp3) is 0.261. The second-order valence-corrected chi connectivity index (χ2v) is 8.93. The lowest BCUT2D eigenvalue weighted by atomic mass is 10.0. The van der Waals surface area contributed by atoms with E-state index in [2.05, 4.69) is 20.6 Å². The van der Waals surface area contributed by atoms with Gasteiger partial charge in [-0.3, -0.25) is 14.7 Å². The monoisotopic (exact) mass is 572 g/mol. The van der Waals surface area contributed by atoms with Crippen molar-refractivity contribution in [3.05, 3.63) is 41.4 Å². The zero-order chi connectivity index (χ0) is 28.8. The number of carboxylic acids is 1. The van der Waals surface area contributed by atoms with Crippen LogP contribution in [0.2, 0.25) is 5.02 Å². The van der Waals surface area contributed by atoms with Gasteiger partial charge in [-0.15, -0.1) is 0 Å². The molecule has 3 heterocycles. The van der Waals surface area contributed by atoms with Crippen LogP contribution in [0.5, 0.6) is 0 Å². The number of halogens is 6. The number of amides is 2. The van der Waals surface area contributed by atoms with Gasteiger partial charge in [0, 0.05) is 37.2 Å². The van der Waals surface area contributed by atoms with Crippen molar-refractivity contribution in [3.63, 3.8) is 0 Å². The van der Waals surface area contributed by atoms with Gasteiger partial charge in [0.25, 0.3) is 0 Å². The Morgan fingerprint density at radius 2 is 1.92 bits per heavy atom. The molecule has 1 fully saturated rings. The molecule has 0 saturated heterocycles. The number of rotatable bonds is 4. The Labute approximate surface area is 220 Å². The van der Waals surface area contributed by atoms with E-state index >= 15 is 4.39 Å². The Kier molecular flexibility index (Phi) is 7.21. The number of benzene rings is 1. The van der Waals surface area contributed by atoms with Gasteiger partial charge < -0.3 is 15.3 Å². The minimum absolute atomic E-state index is 0.0143. The molecule has 16 heteroatoms. The molecular formula is C23H18ClF5N6O4. The molecule has 1 aliphatic carbocycles. The summed E-state index contributed by atoms with van der Waals surface area (Å²) in [6.45, 7) is 1.32. The molecule has 0 unspecified atom stereocenters. The number of H-pyrrole nitrogens is 1. The van der Waals surface area contributed by atoms with Gasteiger partial charge in [-0.05, 0) is 24.1 Å². The van der Waals surface area contributed by atoms with Crippen molar-refractivity contribution in [1.82, 2.24) is 19.8 Å². The van der Waals surface area contributed by atoms with Gasteiger partial charge in [0.05, 0.1) is 28.2 Å². The van der Waals surface area contributed by atoms with Gasteiger partial charge in [0.2, 0.25) is 11.8 Å². The highest BCUT2D eigenvalue weighted by Crippen LogP contribution is 2.42. The van der Waals surface area contributed by atoms with E-state index in [0.717, 1.165) is 0 Å². The van der Waals surface area contributed by atoms with Gasteiger partial charge in [-0.2, -0.15) is 23.4 Å². The van der Waals surface area contributed by atoms with E-state index in [9.17, 15) is 27.2 Å². The summed E-state index contributed by atoms with van der Waals surface area (Å²) in [6, 6.07) is 5.07. The summed E-state index contributed by atoms with van der Waals surface area (Å²) in [5.41, 5.74) is 1.96. The van der Waals surface area contributed by atoms with Gasteiger partial charge in [0.15, 0.2) is 11.6 Å². The molecule has 206 valence electrons. The predicted molar refractivity (Wildman–Crippen MR) is 130 cm³/mol. The number of carbonyl (C=O) groups excluding carboxylic acids is 2. The smallest absolute Gasteiger partial charge is 0.475 e. The lowest BCUT2D eigenvalue weighted by Crippen LogP contribution is -2.24. The van der Waals surface area contributed by atoms with Crippen LogP contribution in [-0.4, -0.2) is 62.1 Å². The van der Waals surface area contributed by atoms with Crippen LogP contribution < -0.4 is 10.2 Å². The number of pyridine rings is 1. The number of aliphatic carboxylic acids is 1. The zero-order valence-corrected chi connectivity index (χ0v) is 20.7. The SMILES string of the molecule is CC(=O)N(C)c1c(F)c(Cl)c(-c2ccn3nc(NC(=O)[C@@H]4C[C@@H]4F)cc3c2)c2cn[nH]c12.O=C(O)C(F)(F)F. The minimum Gasteiger partial charge on any atom is -0.475 e. The quantitative estimate of drug-likeness (QED) is 0.307. The molecule has 2 amide bonds. The third-order valence-electron chi connectivity index (χ3n) is 5.87. The molecule has 10 nitrogen and oxygen atoms in total. The van der Waals surface area contributed by atoms with Crippen molar-refractivity contribution in [2.75, 3.05) is 17.3 Å². The molecule has 0 bridgehead atoms. The summed E-state index contributed by atoms with van der Waals surface area (Å²) < 4.78 is 61.7. The van der Waals surface area contributed by atoms with Crippen LogP contribution in [0.3, 0.4) is 0 Å². The van der Waals surface area contributed by atoms with Crippen LogP contribution in [0.25, 0.3) is 27.5 Å². The van der Waals surface area contributed by atoms with E-state index in [4.69, 9.17) is 21.5 Å². The van der Waals surface area contributed by atoms with Crippen LogP contribution in [0, 0.1) is 11.7 Å².